The highest BCUT2D eigenvalue weighted by Gasteiger charge is 2.11. The minimum absolute atomic E-state index is 0.314. The summed E-state index contributed by atoms with van der Waals surface area (Å²) < 4.78 is 5.27. The van der Waals surface area contributed by atoms with E-state index in [1.807, 2.05) is 18.2 Å². The van der Waals surface area contributed by atoms with Crippen molar-refractivity contribution in [2.24, 2.45) is 0 Å². The molecule has 2 aromatic rings. The SMILES string of the molecule is CC/C(=C(\CC)c1ccc(O)c(CNCCCl)c1)c1ccc(OC)cc1.O=C(O)C(=O)O. The van der Waals surface area contributed by atoms with Gasteiger partial charge in [-0.2, -0.15) is 0 Å². The number of allylic oxidation sites excluding steroid dienone is 2. The maximum atomic E-state index is 10.2. The third-order valence-electron chi connectivity index (χ3n) is 4.71. The number of hydrogen-bond acceptors (Lipinski definition) is 5. The van der Waals surface area contributed by atoms with E-state index in [0.29, 0.717) is 24.7 Å². The highest BCUT2D eigenvalue weighted by Crippen LogP contribution is 2.33. The second-order valence-corrected chi connectivity index (χ2v) is 7.09. The van der Waals surface area contributed by atoms with Gasteiger partial charge in [0.25, 0.3) is 0 Å². The topological polar surface area (TPSA) is 116 Å². The highest BCUT2D eigenvalue weighted by molar-refractivity contribution is 6.27. The van der Waals surface area contributed by atoms with Gasteiger partial charge in [-0.1, -0.05) is 32.0 Å². The van der Waals surface area contributed by atoms with Crippen LogP contribution in [0.4, 0.5) is 0 Å². The molecule has 7 nitrogen and oxygen atoms in total. The average molecular weight is 464 g/mol. The van der Waals surface area contributed by atoms with Gasteiger partial charge in [-0.15, -0.1) is 11.6 Å². The summed E-state index contributed by atoms with van der Waals surface area (Å²) in [6.07, 6.45) is 1.87. The van der Waals surface area contributed by atoms with Crippen molar-refractivity contribution in [3.05, 3.63) is 59.2 Å². The lowest BCUT2D eigenvalue weighted by Gasteiger charge is -2.16. The Morgan fingerprint density at radius 3 is 1.94 bits per heavy atom. The molecular formula is C24H30ClNO6. The molecule has 32 heavy (non-hydrogen) atoms. The van der Waals surface area contributed by atoms with Crippen molar-refractivity contribution in [3.63, 3.8) is 0 Å². The molecule has 2 rings (SSSR count). The molecular weight excluding hydrogens is 434 g/mol. The Morgan fingerprint density at radius 1 is 0.938 bits per heavy atom. The number of ether oxygens (including phenoxy) is 1. The second kappa shape index (κ2) is 14.1. The number of methoxy groups -OCH3 is 1. The first-order chi connectivity index (χ1) is 15.3. The third-order valence-corrected chi connectivity index (χ3v) is 4.90. The summed E-state index contributed by atoms with van der Waals surface area (Å²) in [7, 11) is 1.68. The number of carboxylic acids is 2. The maximum absolute atomic E-state index is 10.2. The minimum atomic E-state index is -1.82. The number of aliphatic carboxylic acids is 2. The quantitative estimate of drug-likeness (QED) is 0.185. The second-order valence-electron chi connectivity index (χ2n) is 6.71. The standard InChI is InChI=1S/C22H28ClNO2.C2H2O4/c1-4-20(16-6-9-19(26-3)10-7-16)21(5-2)17-8-11-22(25)18(14-17)15-24-13-12-23;3-1(4)2(5)6/h6-11,14,24-25H,4-5,12-13,15H2,1-3H3;(H,3,4)(H,5,6)/b21-20-;. The Labute approximate surface area is 193 Å². The van der Waals surface area contributed by atoms with Crippen molar-refractivity contribution in [3.8, 4) is 11.5 Å². The van der Waals surface area contributed by atoms with Gasteiger partial charge >= 0.3 is 11.9 Å². The number of halogens is 1. The molecule has 2 aromatic carbocycles. The number of alkyl halides is 1. The van der Waals surface area contributed by atoms with Gasteiger partial charge in [0.15, 0.2) is 0 Å². The molecule has 0 fully saturated rings. The van der Waals surface area contributed by atoms with E-state index < -0.39 is 11.9 Å². The van der Waals surface area contributed by atoms with E-state index in [0.717, 1.165) is 29.7 Å². The molecule has 0 radical (unpaired) electrons. The number of phenols is 1. The molecule has 0 bridgehead atoms. The fraction of sp³-hybridized carbons (Fsp3) is 0.333. The Kier molecular flexibility index (Phi) is 11.9. The zero-order valence-corrected chi connectivity index (χ0v) is 19.3. The van der Waals surface area contributed by atoms with Crippen LogP contribution >= 0.6 is 11.6 Å². The van der Waals surface area contributed by atoms with Crippen LogP contribution in [0.5, 0.6) is 11.5 Å². The Balaban J connectivity index is 0.000000751. The number of aromatic hydroxyl groups is 1. The molecule has 0 aliphatic rings. The summed E-state index contributed by atoms with van der Waals surface area (Å²) in [5, 5.41) is 28.2. The molecule has 0 amide bonds. The summed E-state index contributed by atoms with van der Waals surface area (Å²) in [5.41, 5.74) is 5.88. The Hall–Kier alpha value is -3.03. The monoisotopic (exact) mass is 463 g/mol. The molecule has 4 N–H and O–H groups in total. The van der Waals surface area contributed by atoms with Crippen molar-refractivity contribution < 1.29 is 29.6 Å². The molecule has 0 atom stereocenters. The van der Waals surface area contributed by atoms with E-state index in [4.69, 9.17) is 36.1 Å². The van der Waals surface area contributed by atoms with Crippen LogP contribution in [0.25, 0.3) is 11.1 Å². The first-order valence-corrected chi connectivity index (χ1v) is 10.7. The summed E-state index contributed by atoms with van der Waals surface area (Å²) >= 11 is 5.72. The minimum Gasteiger partial charge on any atom is -0.508 e. The van der Waals surface area contributed by atoms with Crippen molar-refractivity contribution in [2.45, 2.75) is 33.2 Å². The van der Waals surface area contributed by atoms with Crippen LogP contribution in [-0.4, -0.2) is 46.8 Å². The number of phenolic OH excluding ortho intramolecular Hbond substituents is 1. The van der Waals surface area contributed by atoms with Crippen LogP contribution in [0, 0.1) is 0 Å². The maximum Gasteiger partial charge on any atom is 0.414 e. The number of benzene rings is 2. The fourth-order valence-corrected chi connectivity index (χ4v) is 3.31. The normalized spacial score (nSPS) is 11.1. The largest absolute Gasteiger partial charge is 0.508 e. The van der Waals surface area contributed by atoms with E-state index in [1.165, 1.54) is 16.7 Å². The predicted molar refractivity (Wildman–Crippen MR) is 126 cm³/mol. The van der Waals surface area contributed by atoms with Gasteiger partial charge in [-0.25, -0.2) is 9.59 Å². The molecule has 0 aliphatic heterocycles. The molecule has 0 spiro atoms. The van der Waals surface area contributed by atoms with E-state index >= 15 is 0 Å². The summed E-state index contributed by atoms with van der Waals surface area (Å²) in [5.74, 6) is -1.92. The Morgan fingerprint density at radius 2 is 1.47 bits per heavy atom. The lowest BCUT2D eigenvalue weighted by atomic mass is 9.90. The Bertz CT molecular complexity index is 913. The van der Waals surface area contributed by atoms with Crippen molar-refractivity contribution in [1.82, 2.24) is 5.32 Å². The van der Waals surface area contributed by atoms with Gasteiger partial charge < -0.3 is 25.4 Å². The predicted octanol–water partition coefficient (Wildman–Crippen LogP) is 4.62. The summed E-state index contributed by atoms with van der Waals surface area (Å²) in [6.45, 7) is 5.67. The number of carbonyl (C=O) groups is 2. The molecule has 0 saturated carbocycles. The lowest BCUT2D eigenvalue weighted by molar-refractivity contribution is -0.159. The average Bonchev–Trinajstić information content (AvgIpc) is 2.79. The van der Waals surface area contributed by atoms with Crippen LogP contribution in [0.3, 0.4) is 0 Å². The number of carboxylic acid groups (broad SMARTS) is 2. The van der Waals surface area contributed by atoms with Crippen molar-refractivity contribution in [1.29, 1.82) is 0 Å². The molecule has 174 valence electrons. The number of nitrogens with one attached hydrogen (secondary N) is 1. The van der Waals surface area contributed by atoms with E-state index in [-0.39, 0.29) is 0 Å². The third kappa shape index (κ3) is 8.24. The number of hydrogen-bond donors (Lipinski definition) is 4. The molecule has 0 aromatic heterocycles. The van der Waals surface area contributed by atoms with E-state index in [9.17, 15) is 5.11 Å². The van der Waals surface area contributed by atoms with Gasteiger partial charge in [0.2, 0.25) is 0 Å². The number of rotatable bonds is 9. The first-order valence-electron chi connectivity index (χ1n) is 10.2. The molecule has 8 heteroatoms. The van der Waals surface area contributed by atoms with E-state index in [1.54, 1.807) is 13.2 Å². The van der Waals surface area contributed by atoms with Crippen molar-refractivity contribution in [2.75, 3.05) is 19.5 Å². The summed E-state index contributed by atoms with van der Waals surface area (Å²) in [6, 6.07) is 14.1. The van der Waals surface area contributed by atoms with Crippen LogP contribution in [0.15, 0.2) is 42.5 Å². The van der Waals surface area contributed by atoms with Crippen LogP contribution in [0.2, 0.25) is 0 Å². The summed E-state index contributed by atoms with van der Waals surface area (Å²) in [4.78, 5) is 18.2. The zero-order chi connectivity index (χ0) is 24.1. The smallest absolute Gasteiger partial charge is 0.414 e. The zero-order valence-electron chi connectivity index (χ0n) is 18.5. The highest BCUT2D eigenvalue weighted by atomic mass is 35.5. The first kappa shape index (κ1) is 27.0. The van der Waals surface area contributed by atoms with Gasteiger partial charge in [0, 0.05) is 24.5 Å². The molecule has 0 unspecified atom stereocenters. The van der Waals surface area contributed by atoms with Crippen LogP contribution in [-0.2, 0) is 16.1 Å². The van der Waals surface area contributed by atoms with Gasteiger partial charge in [-0.05, 0) is 59.4 Å². The molecule has 0 saturated heterocycles. The van der Waals surface area contributed by atoms with Gasteiger partial charge in [0.1, 0.15) is 11.5 Å². The fourth-order valence-electron chi connectivity index (χ4n) is 3.18. The van der Waals surface area contributed by atoms with Crippen LogP contribution < -0.4 is 10.1 Å². The molecule has 0 aliphatic carbocycles. The van der Waals surface area contributed by atoms with Gasteiger partial charge in [0.05, 0.1) is 7.11 Å². The lowest BCUT2D eigenvalue weighted by Crippen LogP contribution is -2.15. The molecule has 0 heterocycles. The van der Waals surface area contributed by atoms with Crippen LogP contribution in [0.1, 0.15) is 43.4 Å². The van der Waals surface area contributed by atoms with E-state index in [2.05, 4.69) is 37.4 Å². The van der Waals surface area contributed by atoms with Crippen molar-refractivity contribution >= 4 is 34.7 Å². The van der Waals surface area contributed by atoms with Gasteiger partial charge in [-0.3, -0.25) is 0 Å².